The normalized spacial score (nSPS) is 36.9. The molecule has 4 heterocycles. The molecule has 1 N–H and O–H groups in total. The Morgan fingerprint density at radius 3 is 2.75 bits per heavy atom. The zero-order chi connectivity index (χ0) is 20.1. The molecule has 0 aromatic heterocycles. The van der Waals surface area contributed by atoms with E-state index >= 15 is 0 Å². The van der Waals surface area contributed by atoms with Crippen molar-refractivity contribution in [1.29, 1.82) is 0 Å². The van der Waals surface area contributed by atoms with E-state index in [0.29, 0.717) is 13.0 Å². The molecule has 28 heavy (non-hydrogen) atoms. The average Bonchev–Trinajstić information content (AvgIpc) is 2.94. The van der Waals surface area contributed by atoms with Gasteiger partial charge in [-0.3, -0.25) is 14.4 Å². The first-order chi connectivity index (χ1) is 13.4. The van der Waals surface area contributed by atoms with E-state index in [2.05, 4.69) is 0 Å². The largest absolute Gasteiger partial charge is 0.461 e. The van der Waals surface area contributed by atoms with Crippen LogP contribution in [0.5, 0.6) is 0 Å². The summed E-state index contributed by atoms with van der Waals surface area (Å²) in [5, 5.41) is 9.28. The molecular weight excluding hydrogens is 364 g/mol. The molecule has 5 atom stereocenters. The van der Waals surface area contributed by atoms with Crippen LogP contribution in [0.2, 0.25) is 0 Å². The number of esters is 1. The van der Waals surface area contributed by atoms with Crippen molar-refractivity contribution in [3.63, 3.8) is 0 Å². The number of carbonyl (C=O) groups is 3. The second-order valence-electron chi connectivity index (χ2n) is 8.00. The van der Waals surface area contributed by atoms with Crippen molar-refractivity contribution < 1.29 is 29.0 Å². The number of hydrogen-bond acceptors (Lipinski definition) is 6. The third-order valence-electron chi connectivity index (χ3n) is 6.13. The zero-order valence-electron chi connectivity index (χ0n) is 16.1. The highest BCUT2D eigenvalue weighted by atomic mass is 16.6. The highest BCUT2D eigenvalue weighted by molar-refractivity contribution is 5.99. The number of fused-ring (bicyclic) bond motifs is 2. The van der Waals surface area contributed by atoms with Gasteiger partial charge in [0.05, 0.1) is 12.0 Å². The van der Waals surface area contributed by atoms with Crippen LogP contribution in [0.4, 0.5) is 0 Å². The van der Waals surface area contributed by atoms with Gasteiger partial charge >= 0.3 is 5.97 Å². The van der Waals surface area contributed by atoms with Gasteiger partial charge in [0.2, 0.25) is 11.8 Å². The van der Waals surface area contributed by atoms with E-state index < -0.39 is 35.6 Å². The second-order valence-corrected chi connectivity index (χ2v) is 8.00. The Kier molecular flexibility index (Phi) is 4.79. The Hall–Kier alpha value is -2.19. The van der Waals surface area contributed by atoms with Crippen molar-refractivity contribution in [3.8, 4) is 0 Å². The topological polar surface area (TPSA) is 96.4 Å². The SMILES string of the molecule is CC(C)N1CC=C[C@]23O[C@@H]4C=CCOC(=O)[C@@H]4[C@H]2C(=O)N(CCCO)C3C1=O. The number of aliphatic hydroxyl groups excluding tert-OH is 1. The number of hydrogen-bond donors (Lipinski definition) is 1. The smallest absolute Gasteiger partial charge is 0.313 e. The van der Waals surface area contributed by atoms with Gasteiger partial charge in [0, 0.05) is 25.7 Å². The van der Waals surface area contributed by atoms with Crippen LogP contribution in [0, 0.1) is 11.8 Å². The summed E-state index contributed by atoms with van der Waals surface area (Å²) in [7, 11) is 0. The maximum Gasteiger partial charge on any atom is 0.313 e. The van der Waals surface area contributed by atoms with Gasteiger partial charge in [0.25, 0.3) is 0 Å². The van der Waals surface area contributed by atoms with Crippen molar-refractivity contribution in [2.75, 3.05) is 26.3 Å². The molecule has 0 aliphatic carbocycles. The zero-order valence-corrected chi connectivity index (χ0v) is 16.1. The molecule has 4 aliphatic heterocycles. The lowest BCUT2D eigenvalue weighted by Crippen LogP contribution is -2.56. The Bertz CT molecular complexity index is 747. The maximum atomic E-state index is 13.5. The predicted octanol–water partition coefficient (Wildman–Crippen LogP) is -0.131. The van der Waals surface area contributed by atoms with Gasteiger partial charge in [-0.05, 0) is 26.3 Å². The molecule has 2 saturated heterocycles. The summed E-state index contributed by atoms with van der Waals surface area (Å²) in [5.74, 6) is -2.55. The first-order valence-corrected chi connectivity index (χ1v) is 9.83. The molecule has 0 aromatic rings. The number of likely N-dealkylation sites (tertiary alicyclic amines) is 1. The molecule has 0 aromatic carbocycles. The quantitative estimate of drug-likeness (QED) is 0.531. The number of ether oxygens (including phenoxy) is 2. The fourth-order valence-electron chi connectivity index (χ4n) is 4.93. The van der Waals surface area contributed by atoms with Crippen LogP contribution >= 0.6 is 0 Å². The van der Waals surface area contributed by atoms with Crippen molar-refractivity contribution >= 4 is 17.8 Å². The fraction of sp³-hybridized carbons (Fsp3) is 0.650. The van der Waals surface area contributed by atoms with E-state index in [9.17, 15) is 19.5 Å². The van der Waals surface area contributed by atoms with E-state index in [1.54, 1.807) is 23.1 Å². The number of rotatable bonds is 4. The van der Waals surface area contributed by atoms with Crippen LogP contribution < -0.4 is 0 Å². The van der Waals surface area contributed by atoms with Gasteiger partial charge in [-0.15, -0.1) is 0 Å². The van der Waals surface area contributed by atoms with E-state index in [-0.39, 0.29) is 37.6 Å². The third-order valence-corrected chi connectivity index (χ3v) is 6.13. The molecule has 8 heteroatoms. The maximum absolute atomic E-state index is 13.5. The van der Waals surface area contributed by atoms with Gasteiger partial charge < -0.3 is 24.4 Å². The van der Waals surface area contributed by atoms with Crippen LogP contribution in [0.15, 0.2) is 24.3 Å². The second kappa shape index (κ2) is 7.00. The summed E-state index contributed by atoms with van der Waals surface area (Å²) in [6.45, 7) is 4.56. The van der Waals surface area contributed by atoms with E-state index in [1.807, 2.05) is 19.9 Å². The number of aliphatic hydroxyl groups is 1. The summed E-state index contributed by atoms with van der Waals surface area (Å²) >= 11 is 0. The van der Waals surface area contributed by atoms with Crippen molar-refractivity contribution in [2.45, 2.75) is 44.1 Å². The first-order valence-electron chi connectivity index (χ1n) is 9.83. The lowest BCUT2D eigenvalue weighted by Gasteiger charge is -2.36. The van der Waals surface area contributed by atoms with Crippen LogP contribution in [0.1, 0.15) is 20.3 Å². The van der Waals surface area contributed by atoms with Crippen LogP contribution in [0.3, 0.4) is 0 Å². The monoisotopic (exact) mass is 390 g/mol. The van der Waals surface area contributed by atoms with Crippen LogP contribution in [-0.4, -0.2) is 82.8 Å². The molecule has 0 saturated carbocycles. The number of amides is 2. The minimum atomic E-state index is -1.21. The molecule has 2 fully saturated rings. The molecular formula is C20H26N2O6. The summed E-state index contributed by atoms with van der Waals surface area (Å²) in [6, 6.07) is -0.899. The summed E-state index contributed by atoms with van der Waals surface area (Å²) in [5.41, 5.74) is -1.21. The molecule has 4 aliphatic rings. The van der Waals surface area contributed by atoms with Crippen LogP contribution in [-0.2, 0) is 23.9 Å². The number of cyclic esters (lactones) is 1. The van der Waals surface area contributed by atoms with Gasteiger partial charge in [0.1, 0.15) is 24.2 Å². The molecule has 152 valence electrons. The lowest BCUT2D eigenvalue weighted by molar-refractivity contribution is -0.153. The van der Waals surface area contributed by atoms with Gasteiger partial charge in [-0.1, -0.05) is 18.2 Å². The molecule has 1 unspecified atom stereocenters. The molecule has 0 radical (unpaired) electrons. The molecule has 1 spiro atoms. The van der Waals surface area contributed by atoms with E-state index in [4.69, 9.17) is 9.47 Å². The number of carbonyl (C=O) groups excluding carboxylic acids is 3. The van der Waals surface area contributed by atoms with Crippen molar-refractivity contribution in [1.82, 2.24) is 9.80 Å². The Morgan fingerprint density at radius 2 is 2.04 bits per heavy atom. The number of nitrogens with zero attached hydrogens (tertiary/aromatic N) is 2. The standard InChI is InChI=1S/C20H26N2O6/c1-12(2)21-8-4-7-20-15(14-13(28-20)6-3-11-27-19(14)26)17(24)22(9-5-10-23)16(20)18(21)25/h3-4,6-7,12-16,23H,5,8-11H2,1-2H3/t13-,14+,15+,16?,20+/m1/s1. The summed E-state index contributed by atoms with van der Waals surface area (Å²) < 4.78 is 11.6. The van der Waals surface area contributed by atoms with Crippen molar-refractivity contribution in [3.05, 3.63) is 24.3 Å². The Labute approximate surface area is 163 Å². The molecule has 8 nitrogen and oxygen atoms in total. The van der Waals surface area contributed by atoms with Gasteiger partial charge in [-0.2, -0.15) is 0 Å². The molecule has 2 amide bonds. The summed E-state index contributed by atoms with van der Waals surface area (Å²) in [6.07, 6.45) is 6.88. The molecule has 0 bridgehead atoms. The van der Waals surface area contributed by atoms with E-state index in [1.165, 1.54) is 4.90 Å². The Balaban J connectivity index is 1.82. The van der Waals surface area contributed by atoms with Gasteiger partial charge in [-0.25, -0.2) is 0 Å². The third kappa shape index (κ3) is 2.62. The minimum Gasteiger partial charge on any atom is -0.461 e. The highest BCUT2D eigenvalue weighted by Crippen LogP contribution is 2.53. The molecule has 4 rings (SSSR count). The first kappa shape index (κ1) is 19.1. The van der Waals surface area contributed by atoms with Crippen molar-refractivity contribution in [2.24, 2.45) is 11.8 Å². The average molecular weight is 390 g/mol. The highest BCUT2D eigenvalue weighted by Gasteiger charge is 2.71. The Morgan fingerprint density at radius 1 is 1.25 bits per heavy atom. The van der Waals surface area contributed by atoms with Crippen LogP contribution in [0.25, 0.3) is 0 Å². The minimum absolute atomic E-state index is 0.0436. The fourth-order valence-corrected chi connectivity index (χ4v) is 4.93. The van der Waals surface area contributed by atoms with E-state index in [0.717, 1.165) is 0 Å². The van der Waals surface area contributed by atoms with Gasteiger partial charge in [0.15, 0.2) is 0 Å². The lowest BCUT2D eigenvalue weighted by atomic mass is 9.78. The predicted molar refractivity (Wildman–Crippen MR) is 97.9 cm³/mol. The summed E-state index contributed by atoms with van der Waals surface area (Å²) in [4.78, 5) is 42.8.